The van der Waals surface area contributed by atoms with Gasteiger partial charge in [0.05, 0.1) is 12.3 Å². The van der Waals surface area contributed by atoms with Gasteiger partial charge in [-0.05, 0) is 49.2 Å². The number of carbonyl (C=O) groups is 1. The Balaban J connectivity index is 1.10. The lowest BCUT2D eigenvalue weighted by molar-refractivity contribution is 0.248. The molecular formula is C25H29BrN4O3. The zero-order valence-electron chi connectivity index (χ0n) is 18.6. The lowest BCUT2D eigenvalue weighted by Gasteiger charge is -2.36. The maximum absolute atomic E-state index is 12.0. The SMILES string of the molecule is NC(=O)N(CCCCN1CCN(c2cccc3c2OCC3)CC1)c1cc2cc(Br)ccc2o1. The summed E-state index contributed by atoms with van der Waals surface area (Å²) in [4.78, 5) is 18.5. The second kappa shape index (κ2) is 9.65. The van der Waals surface area contributed by atoms with E-state index >= 15 is 0 Å². The third-order valence-electron chi connectivity index (χ3n) is 6.51. The molecule has 3 aromatic rings. The minimum atomic E-state index is -0.487. The topological polar surface area (TPSA) is 75.2 Å². The molecule has 1 saturated heterocycles. The van der Waals surface area contributed by atoms with Crippen molar-refractivity contribution in [3.8, 4) is 5.75 Å². The van der Waals surface area contributed by atoms with Gasteiger partial charge in [-0.2, -0.15) is 0 Å². The number of carbonyl (C=O) groups excluding carboxylic acids is 1. The Kier molecular flexibility index (Phi) is 6.46. The second-order valence-corrected chi connectivity index (χ2v) is 9.57. The number of furan rings is 1. The van der Waals surface area contributed by atoms with E-state index in [4.69, 9.17) is 14.9 Å². The molecule has 8 heteroatoms. The summed E-state index contributed by atoms with van der Waals surface area (Å²) < 4.78 is 12.7. The van der Waals surface area contributed by atoms with Gasteiger partial charge >= 0.3 is 6.03 Å². The van der Waals surface area contributed by atoms with Crippen LogP contribution in [0.3, 0.4) is 0 Å². The highest BCUT2D eigenvalue weighted by Gasteiger charge is 2.23. The Labute approximate surface area is 202 Å². The van der Waals surface area contributed by atoms with Crippen molar-refractivity contribution >= 4 is 44.5 Å². The number of para-hydroxylation sites is 1. The van der Waals surface area contributed by atoms with Gasteiger partial charge in [-0.1, -0.05) is 28.1 Å². The minimum absolute atomic E-state index is 0.487. The van der Waals surface area contributed by atoms with Gasteiger partial charge in [0.25, 0.3) is 0 Å². The number of urea groups is 1. The summed E-state index contributed by atoms with van der Waals surface area (Å²) in [6.07, 6.45) is 2.88. The lowest BCUT2D eigenvalue weighted by atomic mass is 10.1. The first-order chi connectivity index (χ1) is 16.1. The molecule has 2 aliphatic rings. The molecule has 3 heterocycles. The number of unbranched alkanes of at least 4 members (excludes halogenated alkanes) is 1. The molecule has 33 heavy (non-hydrogen) atoms. The summed E-state index contributed by atoms with van der Waals surface area (Å²) in [6, 6.07) is 13.6. The van der Waals surface area contributed by atoms with Crippen molar-refractivity contribution in [3.05, 3.63) is 52.5 Å². The molecule has 2 aliphatic heterocycles. The predicted molar refractivity (Wildman–Crippen MR) is 134 cm³/mol. The number of amides is 2. The maximum atomic E-state index is 12.0. The summed E-state index contributed by atoms with van der Waals surface area (Å²) in [5.74, 6) is 1.58. The number of anilines is 2. The van der Waals surface area contributed by atoms with E-state index in [1.807, 2.05) is 24.3 Å². The van der Waals surface area contributed by atoms with E-state index in [2.05, 4.69) is 43.9 Å². The number of rotatable bonds is 7. The lowest BCUT2D eigenvalue weighted by Crippen LogP contribution is -2.46. The molecule has 0 unspecified atom stereocenters. The largest absolute Gasteiger partial charge is 0.491 e. The first-order valence-electron chi connectivity index (χ1n) is 11.6. The molecule has 1 fully saturated rings. The van der Waals surface area contributed by atoms with Crippen LogP contribution in [0.4, 0.5) is 16.4 Å². The molecule has 0 aliphatic carbocycles. The maximum Gasteiger partial charge on any atom is 0.321 e. The standard InChI is InChI=1S/C25H29BrN4O3/c26-20-6-7-22-19(16-20)17-23(33-22)30(25(27)31)10-2-1-9-28-11-13-29(14-12-28)21-5-3-4-18-8-15-32-24(18)21/h3-7,16-17H,1-2,8-15H2,(H2,27,31). The Bertz CT molecular complexity index is 1140. The van der Waals surface area contributed by atoms with Crippen molar-refractivity contribution in [1.82, 2.24) is 4.90 Å². The average Bonchev–Trinajstić information content (AvgIpc) is 3.45. The van der Waals surface area contributed by atoms with Crippen LogP contribution in [-0.4, -0.2) is 56.8 Å². The van der Waals surface area contributed by atoms with Gasteiger partial charge in [-0.3, -0.25) is 9.80 Å². The molecule has 1 aromatic heterocycles. The van der Waals surface area contributed by atoms with Crippen molar-refractivity contribution in [2.45, 2.75) is 19.3 Å². The first kappa shape index (κ1) is 22.1. The van der Waals surface area contributed by atoms with Crippen LogP contribution < -0.4 is 20.3 Å². The number of benzene rings is 2. The van der Waals surface area contributed by atoms with E-state index in [1.165, 1.54) is 16.2 Å². The van der Waals surface area contributed by atoms with Gasteiger partial charge in [0.15, 0.2) is 0 Å². The fourth-order valence-corrected chi connectivity index (χ4v) is 5.11. The van der Waals surface area contributed by atoms with E-state index in [0.29, 0.717) is 12.4 Å². The molecule has 7 nitrogen and oxygen atoms in total. The van der Waals surface area contributed by atoms with Gasteiger partial charge in [-0.25, -0.2) is 4.79 Å². The van der Waals surface area contributed by atoms with Crippen LogP contribution in [-0.2, 0) is 6.42 Å². The van der Waals surface area contributed by atoms with Crippen LogP contribution >= 0.6 is 15.9 Å². The summed E-state index contributed by atoms with van der Waals surface area (Å²) in [5, 5.41) is 0.943. The third kappa shape index (κ3) is 4.82. The Morgan fingerprint density at radius 2 is 1.94 bits per heavy atom. The van der Waals surface area contributed by atoms with Gasteiger partial charge in [0.1, 0.15) is 11.3 Å². The van der Waals surface area contributed by atoms with Crippen LogP contribution in [0.1, 0.15) is 18.4 Å². The molecule has 0 bridgehead atoms. The number of fused-ring (bicyclic) bond motifs is 2. The van der Waals surface area contributed by atoms with Gasteiger partial charge in [-0.15, -0.1) is 0 Å². The van der Waals surface area contributed by atoms with Crippen molar-refractivity contribution in [3.63, 3.8) is 0 Å². The van der Waals surface area contributed by atoms with Crippen LogP contribution in [0.5, 0.6) is 5.75 Å². The third-order valence-corrected chi connectivity index (χ3v) is 7.00. The fourth-order valence-electron chi connectivity index (χ4n) is 4.73. The summed E-state index contributed by atoms with van der Waals surface area (Å²) >= 11 is 3.47. The van der Waals surface area contributed by atoms with Crippen LogP contribution in [0, 0.1) is 0 Å². The first-order valence-corrected chi connectivity index (χ1v) is 12.4. The summed E-state index contributed by atoms with van der Waals surface area (Å²) in [7, 11) is 0. The van der Waals surface area contributed by atoms with Crippen molar-refractivity contribution < 1.29 is 13.9 Å². The van der Waals surface area contributed by atoms with Crippen molar-refractivity contribution in [2.75, 3.05) is 55.7 Å². The monoisotopic (exact) mass is 512 g/mol. The number of primary amides is 1. The van der Waals surface area contributed by atoms with Gasteiger partial charge in [0.2, 0.25) is 5.88 Å². The molecule has 0 atom stereocenters. The Hall–Kier alpha value is -2.71. The fraction of sp³-hybridized carbons (Fsp3) is 0.400. The van der Waals surface area contributed by atoms with Gasteiger partial charge in [0, 0.05) is 55.1 Å². The van der Waals surface area contributed by atoms with E-state index in [0.717, 1.165) is 79.8 Å². The summed E-state index contributed by atoms with van der Waals surface area (Å²) in [5.41, 5.74) is 8.95. The molecule has 2 N–H and O–H groups in total. The minimum Gasteiger partial charge on any atom is -0.491 e. The molecule has 174 valence electrons. The van der Waals surface area contributed by atoms with E-state index in [1.54, 1.807) is 0 Å². The highest BCUT2D eigenvalue weighted by molar-refractivity contribution is 9.10. The molecule has 0 saturated carbocycles. The van der Waals surface area contributed by atoms with Crippen LogP contribution in [0.2, 0.25) is 0 Å². The quantitative estimate of drug-likeness (QED) is 0.467. The Morgan fingerprint density at radius 1 is 1.09 bits per heavy atom. The van der Waals surface area contributed by atoms with Gasteiger partial charge < -0.3 is 19.8 Å². The number of nitrogens with two attached hydrogens (primary N) is 1. The Morgan fingerprint density at radius 3 is 2.76 bits per heavy atom. The highest BCUT2D eigenvalue weighted by atomic mass is 79.9. The molecule has 2 amide bonds. The molecule has 5 rings (SSSR count). The zero-order chi connectivity index (χ0) is 22.8. The second-order valence-electron chi connectivity index (χ2n) is 8.66. The average molecular weight is 513 g/mol. The van der Waals surface area contributed by atoms with E-state index in [9.17, 15) is 4.79 Å². The number of hydrogen-bond donors (Lipinski definition) is 1. The normalized spacial score (nSPS) is 16.1. The molecule has 2 aromatic carbocycles. The van der Waals surface area contributed by atoms with E-state index < -0.39 is 6.03 Å². The predicted octanol–water partition coefficient (Wildman–Crippen LogP) is 4.62. The van der Waals surface area contributed by atoms with E-state index in [-0.39, 0.29) is 0 Å². The van der Waals surface area contributed by atoms with Crippen LogP contribution in [0.25, 0.3) is 11.0 Å². The van der Waals surface area contributed by atoms with Crippen LogP contribution in [0.15, 0.2) is 51.4 Å². The number of halogens is 1. The van der Waals surface area contributed by atoms with Crippen molar-refractivity contribution in [2.24, 2.45) is 5.73 Å². The van der Waals surface area contributed by atoms with Crippen molar-refractivity contribution in [1.29, 1.82) is 0 Å². The number of hydrogen-bond acceptors (Lipinski definition) is 5. The molecule has 0 spiro atoms. The molecule has 0 radical (unpaired) electrons. The molecular weight excluding hydrogens is 484 g/mol. The number of ether oxygens (including phenoxy) is 1. The highest BCUT2D eigenvalue weighted by Crippen LogP contribution is 2.36. The zero-order valence-corrected chi connectivity index (χ0v) is 20.2. The smallest absolute Gasteiger partial charge is 0.321 e. The number of piperazine rings is 1. The number of nitrogens with zero attached hydrogens (tertiary/aromatic N) is 3. The summed E-state index contributed by atoms with van der Waals surface area (Å²) in [6.45, 7) is 6.41.